The van der Waals surface area contributed by atoms with Crippen molar-refractivity contribution >= 4 is 21.5 Å². The Labute approximate surface area is 113 Å². The van der Waals surface area contributed by atoms with Gasteiger partial charge in [-0.15, -0.1) is 0 Å². The van der Waals surface area contributed by atoms with E-state index in [-0.39, 0.29) is 0 Å². The molecular formula is C16H19Br. The number of benzene rings is 1. The number of hydrogen-bond donors (Lipinski definition) is 0. The minimum Gasteiger partial charge on any atom is -0.0805 e. The molecule has 0 radical (unpaired) electrons. The Balaban J connectivity index is 1.99. The zero-order chi connectivity index (χ0) is 12.1. The van der Waals surface area contributed by atoms with Gasteiger partial charge in [-0.05, 0) is 42.0 Å². The van der Waals surface area contributed by atoms with Crippen LogP contribution in [0.2, 0.25) is 0 Å². The molecule has 0 spiro atoms. The van der Waals surface area contributed by atoms with Gasteiger partial charge >= 0.3 is 0 Å². The van der Waals surface area contributed by atoms with Crippen molar-refractivity contribution in [1.29, 1.82) is 0 Å². The maximum Gasteiger partial charge on any atom is 0.0175 e. The Morgan fingerprint density at radius 3 is 2.59 bits per heavy atom. The van der Waals surface area contributed by atoms with Gasteiger partial charge in [0.05, 0.1) is 0 Å². The van der Waals surface area contributed by atoms with Gasteiger partial charge in [-0.1, -0.05) is 66.1 Å². The maximum absolute atomic E-state index is 3.47. The molecule has 0 fully saturated rings. The molecule has 1 atom stereocenters. The van der Waals surface area contributed by atoms with Gasteiger partial charge in [0.25, 0.3) is 0 Å². The SMILES string of the molecule is CCCCC1C=CC(c2ccc(Br)cc2)=CC1. The number of rotatable bonds is 4. The molecule has 0 aliphatic heterocycles. The lowest BCUT2D eigenvalue weighted by molar-refractivity contribution is 0.559. The zero-order valence-electron chi connectivity index (χ0n) is 10.3. The number of allylic oxidation sites excluding steroid dienone is 4. The molecule has 2 rings (SSSR count). The molecule has 0 saturated carbocycles. The van der Waals surface area contributed by atoms with Crippen molar-refractivity contribution in [3.05, 3.63) is 52.5 Å². The third-order valence-corrected chi connectivity index (χ3v) is 3.82. The molecular weight excluding hydrogens is 272 g/mol. The van der Waals surface area contributed by atoms with Crippen LogP contribution in [0, 0.1) is 5.92 Å². The van der Waals surface area contributed by atoms with E-state index in [1.54, 1.807) is 0 Å². The predicted molar refractivity (Wildman–Crippen MR) is 78.9 cm³/mol. The lowest BCUT2D eigenvalue weighted by Crippen LogP contribution is -1.99. The summed E-state index contributed by atoms with van der Waals surface area (Å²) in [5.41, 5.74) is 2.68. The van der Waals surface area contributed by atoms with Gasteiger partial charge < -0.3 is 0 Å². The quantitative estimate of drug-likeness (QED) is 0.677. The van der Waals surface area contributed by atoms with Crippen molar-refractivity contribution in [3.63, 3.8) is 0 Å². The molecule has 90 valence electrons. The standard InChI is InChI=1S/C16H19Br/c1-2-3-4-13-5-7-14(8-6-13)15-9-11-16(17)12-10-15/h5,7-13H,2-4,6H2,1H3. The maximum atomic E-state index is 3.47. The van der Waals surface area contributed by atoms with E-state index in [2.05, 4.69) is 65.3 Å². The van der Waals surface area contributed by atoms with Gasteiger partial charge in [-0.3, -0.25) is 0 Å². The van der Waals surface area contributed by atoms with Crippen LogP contribution in [0.3, 0.4) is 0 Å². The summed E-state index contributed by atoms with van der Waals surface area (Å²) < 4.78 is 1.14. The van der Waals surface area contributed by atoms with E-state index >= 15 is 0 Å². The minimum absolute atomic E-state index is 0.758. The molecule has 0 heterocycles. The second-order valence-electron chi connectivity index (χ2n) is 4.66. The van der Waals surface area contributed by atoms with Crippen molar-refractivity contribution < 1.29 is 0 Å². The van der Waals surface area contributed by atoms with E-state index in [9.17, 15) is 0 Å². The Hall–Kier alpha value is -0.820. The molecule has 0 bridgehead atoms. The fourth-order valence-electron chi connectivity index (χ4n) is 2.20. The van der Waals surface area contributed by atoms with Crippen molar-refractivity contribution in [2.45, 2.75) is 32.6 Å². The Morgan fingerprint density at radius 2 is 2.00 bits per heavy atom. The van der Waals surface area contributed by atoms with Gasteiger partial charge in [-0.2, -0.15) is 0 Å². The fourth-order valence-corrected chi connectivity index (χ4v) is 2.47. The topological polar surface area (TPSA) is 0 Å². The van der Waals surface area contributed by atoms with E-state index in [1.807, 2.05) is 0 Å². The minimum atomic E-state index is 0.758. The zero-order valence-corrected chi connectivity index (χ0v) is 11.9. The fraction of sp³-hybridized carbons (Fsp3) is 0.375. The summed E-state index contributed by atoms with van der Waals surface area (Å²) in [7, 11) is 0. The lowest BCUT2D eigenvalue weighted by atomic mass is 9.90. The highest BCUT2D eigenvalue weighted by atomic mass is 79.9. The molecule has 0 aromatic heterocycles. The summed E-state index contributed by atoms with van der Waals surface area (Å²) in [6, 6.07) is 8.56. The third-order valence-electron chi connectivity index (χ3n) is 3.29. The normalized spacial score (nSPS) is 19.2. The summed E-state index contributed by atoms with van der Waals surface area (Å²) in [6.07, 6.45) is 12.2. The molecule has 0 saturated heterocycles. The summed E-state index contributed by atoms with van der Waals surface area (Å²) in [4.78, 5) is 0. The van der Waals surface area contributed by atoms with Gasteiger partial charge in [0, 0.05) is 4.47 Å². The summed E-state index contributed by atoms with van der Waals surface area (Å²) in [6.45, 7) is 2.26. The monoisotopic (exact) mass is 290 g/mol. The lowest BCUT2D eigenvalue weighted by Gasteiger charge is -2.16. The largest absolute Gasteiger partial charge is 0.0805 e. The molecule has 17 heavy (non-hydrogen) atoms. The Morgan fingerprint density at radius 1 is 1.24 bits per heavy atom. The van der Waals surface area contributed by atoms with Gasteiger partial charge in [0.1, 0.15) is 0 Å². The first kappa shape index (κ1) is 12.6. The average Bonchev–Trinajstić information content (AvgIpc) is 2.38. The van der Waals surface area contributed by atoms with Crippen molar-refractivity contribution in [2.24, 2.45) is 5.92 Å². The van der Waals surface area contributed by atoms with Crippen molar-refractivity contribution in [3.8, 4) is 0 Å². The first-order chi connectivity index (χ1) is 8.29. The van der Waals surface area contributed by atoms with E-state index in [0.717, 1.165) is 10.4 Å². The molecule has 1 heteroatoms. The van der Waals surface area contributed by atoms with E-state index in [4.69, 9.17) is 0 Å². The second kappa shape index (κ2) is 6.20. The van der Waals surface area contributed by atoms with E-state index in [0.29, 0.717) is 0 Å². The smallest absolute Gasteiger partial charge is 0.0175 e. The molecule has 0 N–H and O–H groups in total. The number of hydrogen-bond acceptors (Lipinski definition) is 0. The Bertz CT molecular complexity index is 412. The van der Waals surface area contributed by atoms with Crippen LogP contribution in [0.5, 0.6) is 0 Å². The van der Waals surface area contributed by atoms with Crippen LogP contribution in [0.25, 0.3) is 5.57 Å². The van der Waals surface area contributed by atoms with E-state index in [1.165, 1.54) is 36.8 Å². The van der Waals surface area contributed by atoms with Crippen LogP contribution in [-0.2, 0) is 0 Å². The van der Waals surface area contributed by atoms with Crippen LogP contribution in [0.4, 0.5) is 0 Å². The van der Waals surface area contributed by atoms with Crippen molar-refractivity contribution in [2.75, 3.05) is 0 Å². The van der Waals surface area contributed by atoms with Crippen LogP contribution in [0.15, 0.2) is 47.0 Å². The highest BCUT2D eigenvalue weighted by molar-refractivity contribution is 9.10. The Kier molecular flexibility index (Phi) is 4.61. The van der Waals surface area contributed by atoms with E-state index < -0.39 is 0 Å². The van der Waals surface area contributed by atoms with Crippen LogP contribution in [-0.4, -0.2) is 0 Å². The number of unbranched alkanes of at least 4 members (excludes halogenated alkanes) is 1. The summed E-state index contributed by atoms with van der Waals surface area (Å²) in [5, 5.41) is 0. The first-order valence-corrected chi connectivity index (χ1v) is 7.23. The van der Waals surface area contributed by atoms with Crippen LogP contribution in [0.1, 0.15) is 38.2 Å². The molecule has 1 aliphatic rings. The van der Waals surface area contributed by atoms with Crippen LogP contribution < -0.4 is 0 Å². The molecule has 1 aromatic rings. The molecule has 1 aliphatic carbocycles. The molecule has 1 unspecified atom stereocenters. The second-order valence-corrected chi connectivity index (χ2v) is 5.58. The average molecular weight is 291 g/mol. The summed E-state index contributed by atoms with van der Waals surface area (Å²) >= 11 is 3.47. The van der Waals surface area contributed by atoms with Gasteiger partial charge in [0.2, 0.25) is 0 Å². The van der Waals surface area contributed by atoms with Crippen molar-refractivity contribution in [1.82, 2.24) is 0 Å². The van der Waals surface area contributed by atoms with Gasteiger partial charge in [-0.25, -0.2) is 0 Å². The third kappa shape index (κ3) is 3.57. The molecule has 1 aromatic carbocycles. The summed E-state index contributed by atoms with van der Waals surface area (Å²) in [5.74, 6) is 0.758. The van der Waals surface area contributed by atoms with Crippen LogP contribution >= 0.6 is 15.9 Å². The van der Waals surface area contributed by atoms with Gasteiger partial charge in [0.15, 0.2) is 0 Å². The first-order valence-electron chi connectivity index (χ1n) is 6.44. The highest BCUT2D eigenvalue weighted by Crippen LogP contribution is 2.27. The molecule has 0 nitrogen and oxygen atoms in total. The highest BCUT2D eigenvalue weighted by Gasteiger charge is 2.09. The molecule has 0 amide bonds. The predicted octanol–water partition coefficient (Wildman–Crippen LogP) is 5.60. The number of halogens is 1.